The number of carbonyl (C=O) groups excluding carboxylic acids is 1. The van der Waals surface area contributed by atoms with Crippen LogP contribution in [0.2, 0.25) is 0 Å². The summed E-state index contributed by atoms with van der Waals surface area (Å²) in [6.45, 7) is 4.19. The minimum absolute atomic E-state index is 0.304. The van der Waals surface area contributed by atoms with E-state index in [1.165, 1.54) is 11.1 Å². The molecule has 0 unspecified atom stereocenters. The number of fused-ring (bicyclic) bond motifs is 3. The molecule has 0 N–H and O–H groups in total. The summed E-state index contributed by atoms with van der Waals surface area (Å²) < 4.78 is 5.37. The van der Waals surface area contributed by atoms with E-state index < -0.39 is 0 Å². The maximum atomic E-state index is 12.8. The van der Waals surface area contributed by atoms with E-state index in [1.807, 2.05) is 50.2 Å². The molecule has 3 nitrogen and oxygen atoms in total. The molecule has 1 aromatic heterocycles. The van der Waals surface area contributed by atoms with Crippen molar-refractivity contribution in [1.29, 1.82) is 0 Å². The van der Waals surface area contributed by atoms with Crippen LogP contribution in [0.3, 0.4) is 0 Å². The standard InChI is InChI=1S/C23H21NO2/c1-3-26-23(25)21-15(2)20-18-12-8-7-9-16(18)13-14-19(20)24-22(21)17-10-5-4-6-11-17/h4-12H,3,13-14H2,1-2H3. The second kappa shape index (κ2) is 6.75. The summed E-state index contributed by atoms with van der Waals surface area (Å²) in [6.07, 6.45) is 1.86. The Balaban J connectivity index is 2.01. The summed E-state index contributed by atoms with van der Waals surface area (Å²) in [4.78, 5) is 17.7. The predicted molar refractivity (Wildman–Crippen MR) is 103 cm³/mol. The van der Waals surface area contributed by atoms with Crippen LogP contribution >= 0.6 is 0 Å². The van der Waals surface area contributed by atoms with Crippen molar-refractivity contribution >= 4 is 5.97 Å². The molecule has 3 aromatic rings. The van der Waals surface area contributed by atoms with Crippen molar-refractivity contribution in [1.82, 2.24) is 4.98 Å². The van der Waals surface area contributed by atoms with E-state index in [0.29, 0.717) is 12.2 Å². The molecule has 0 spiro atoms. The number of ether oxygens (including phenoxy) is 1. The van der Waals surface area contributed by atoms with Gasteiger partial charge < -0.3 is 4.74 Å². The first kappa shape index (κ1) is 16.5. The summed E-state index contributed by atoms with van der Waals surface area (Å²) in [7, 11) is 0. The minimum Gasteiger partial charge on any atom is -0.462 e. The van der Waals surface area contributed by atoms with Crippen LogP contribution in [0.25, 0.3) is 22.4 Å². The molecule has 0 amide bonds. The molecule has 2 aromatic carbocycles. The fourth-order valence-electron chi connectivity index (χ4n) is 3.80. The van der Waals surface area contributed by atoms with Gasteiger partial charge in [-0.1, -0.05) is 54.6 Å². The second-order valence-corrected chi connectivity index (χ2v) is 6.53. The third-order valence-corrected chi connectivity index (χ3v) is 4.97. The molecule has 0 aliphatic heterocycles. The number of carbonyl (C=O) groups is 1. The number of hydrogen-bond acceptors (Lipinski definition) is 3. The van der Waals surface area contributed by atoms with Gasteiger partial charge in [-0.25, -0.2) is 4.79 Å². The van der Waals surface area contributed by atoms with Crippen LogP contribution in [-0.4, -0.2) is 17.6 Å². The van der Waals surface area contributed by atoms with Gasteiger partial charge in [-0.2, -0.15) is 0 Å². The first-order valence-corrected chi connectivity index (χ1v) is 9.05. The largest absolute Gasteiger partial charge is 0.462 e. The summed E-state index contributed by atoms with van der Waals surface area (Å²) in [5.74, 6) is -0.304. The Hall–Kier alpha value is -2.94. The zero-order valence-electron chi connectivity index (χ0n) is 15.1. The Bertz CT molecular complexity index is 977. The number of hydrogen-bond donors (Lipinski definition) is 0. The van der Waals surface area contributed by atoms with Crippen LogP contribution in [-0.2, 0) is 17.6 Å². The zero-order chi connectivity index (χ0) is 18.1. The van der Waals surface area contributed by atoms with Gasteiger partial charge in [0.2, 0.25) is 0 Å². The van der Waals surface area contributed by atoms with Gasteiger partial charge in [-0.15, -0.1) is 0 Å². The number of nitrogens with zero attached hydrogens (tertiary/aromatic N) is 1. The fraction of sp³-hybridized carbons (Fsp3) is 0.217. The van der Waals surface area contributed by atoms with Crippen molar-refractivity contribution in [2.75, 3.05) is 6.61 Å². The lowest BCUT2D eigenvalue weighted by Gasteiger charge is -2.24. The lowest BCUT2D eigenvalue weighted by atomic mass is 9.83. The van der Waals surface area contributed by atoms with Crippen molar-refractivity contribution in [2.24, 2.45) is 0 Å². The number of esters is 1. The van der Waals surface area contributed by atoms with Gasteiger partial charge in [0.1, 0.15) is 0 Å². The van der Waals surface area contributed by atoms with E-state index in [1.54, 1.807) is 0 Å². The molecule has 1 aliphatic rings. The molecular weight excluding hydrogens is 322 g/mol. The smallest absolute Gasteiger partial charge is 0.340 e. The molecule has 0 saturated carbocycles. The van der Waals surface area contributed by atoms with E-state index in [2.05, 4.69) is 18.2 Å². The van der Waals surface area contributed by atoms with Gasteiger partial charge >= 0.3 is 5.97 Å². The Labute approximate surface area is 153 Å². The number of aryl methyl sites for hydroxylation is 2. The maximum absolute atomic E-state index is 12.8. The Kier molecular flexibility index (Phi) is 4.29. The van der Waals surface area contributed by atoms with Crippen molar-refractivity contribution in [3.63, 3.8) is 0 Å². The molecule has 0 fully saturated rings. The summed E-state index contributed by atoms with van der Waals surface area (Å²) in [5.41, 5.74) is 7.85. The first-order chi connectivity index (χ1) is 12.7. The molecule has 4 rings (SSSR count). The van der Waals surface area contributed by atoms with Crippen LogP contribution < -0.4 is 0 Å². The number of rotatable bonds is 3. The third-order valence-electron chi connectivity index (χ3n) is 4.97. The quantitative estimate of drug-likeness (QED) is 0.628. The lowest BCUT2D eigenvalue weighted by Crippen LogP contribution is -2.16. The molecule has 0 saturated heterocycles. The van der Waals surface area contributed by atoms with Crippen molar-refractivity contribution in [2.45, 2.75) is 26.7 Å². The van der Waals surface area contributed by atoms with Crippen LogP contribution in [0.1, 0.15) is 34.1 Å². The van der Waals surface area contributed by atoms with Crippen LogP contribution in [0.5, 0.6) is 0 Å². The summed E-state index contributed by atoms with van der Waals surface area (Å²) in [6, 6.07) is 18.3. The Morgan fingerprint density at radius 2 is 1.77 bits per heavy atom. The van der Waals surface area contributed by atoms with Gasteiger partial charge in [0.15, 0.2) is 0 Å². The molecule has 0 atom stereocenters. The monoisotopic (exact) mass is 343 g/mol. The first-order valence-electron chi connectivity index (χ1n) is 9.05. The Morgan fingerprint density at radius 3 is 2.54 bits per heavy atom. The fourth-order valence-corrected chi connectivity index (χ4v) is 3.80. The van der Waals surface area contributed by atoms with E-state index in [-0.39, 0.29) is 5.97 Å². The lowest BCUT2D eigenvalue weighted by molar-refractivity contribution is 0.0526. The second-order valence-electron chi connectivity index (χ2n) is 6.53. The molecule has 0 bridgehead atoms. The molecule has 3 heteroatoms. The molecule has 26 heavy (non-hydrogen) atoms. The minimum atomic E-state index is -0.304. The average molecular weight is 343 g/mol. The van der Waals surface area contributed by atoms with Gasteiger partial charge in [0.25, 0.3) is 0 Å². The van der Waals surface area contributed by atoms with Crippen LogP contribution in [0, 0.1) is 6.92 Å². The predicted octanol–water partition coefficient (Wildman–Crippen LogP) is 5.00. The Morgan fingerprint density at radius 1 is 1.04 bits per heavy atom. The maximum Gasteiger partial charge on any atom is 0.340 e. The van der Waals surface area contributed by atoms with Crippen LogP contribution in [0.15, 0.2) is 54.6 Å². The van der Waals surface area contributed by atoms with Crippen molar-refractivity contribution in [3.8, 4) is 22.4 Å². The van der Waals surface area contributed by atoms with Gasteiger partial charge in [0, 0.05) is 16.8 Å². The SMILES string of the molecule is CCOC(=O)c1c(-c2ccccc2)nc2c(c1C)-c1ccccc1CC2. The molecular formula is C23H21NO2. The number of aromatic nitrogens is 1. The van der Waals surface area contributed by atoms with Crippen molar-refractivity contribution in [3.05, 3.63) is 77.0 Å². The molecule has 1 heterocycles. The highest BCUT2D eigenvalue weighted by Crippen LogP contribution is 2.39. The molecule has 0 radical (unpaired) electrons. The van der Waals surface area contributed by atoms with E-state index in [4.69, 9.17) is 9.72 Å². The van der Waals surface area contributed by atoms with Gasteiger partial charge in [0.05, 0.1) is 17.9 Å². The summed E-state index contributed by atoms with van der Waals surface area (Å²) in [5, 5.41) is 0. The van der Waals surface area contributed by atoms with Gasteiger partial charge in [-0.05, 0) is 43.4 Å². The highest BCUT2D eigenvalue weighted by molar-refractivity contribution is 6.00. The zero-order valence-corrected chi connectivity index (χ0v) is 15.1. The van der Waals surface area contributed by atoms with Crippen molar-refractivity contribution < 1.29 is 9.53 Å². The highest BCUT2D eigenvalue weighted by Gasteiger charge is 2.27. The molecule has 1 aliphatic carbocycles. The van der Waals surface area contributed by atoms with Crippen LogP contribution in [0.4, 0.5) is 0 Å². The number of pyridine rings is 1. The highest BCUT2D eigenvalue weighted by atomic mass is 16.5. The van der Waals surface area contributed by atoms with Gasteiger partial charge in [-0.3, -0.25) is 4.98 Å². The molecule has 130 valence electrons. The topological polar surface area (TPSA) is 39.2 Å². The number of benzene rings is 2. The van der Waals surface area contributed by atoms with E-state index >= 15 is 0 Å². The average Bonchev–Trinajstić information content (AvgIpc) is 2.68. The van der Waals surface area contributed by atoms with E-state index in [9.17, 15) is 4.79 Å². The summed E-state index contributed by atoms with van der Waals surface area (Å²) >= 11 is 0. The van der Waals surface area contributed by atoms with E-state index in [0.717, 1.165) is 40.9 Å². The third kappa shape index (κ3) is 2.70. The normalized spacial score (nSPS) is 12.2.